The highest BCUT2D eigenvalue weighted by Crippen LogP contribution is 2.37. The van der Waals surface area contributed by atoms with E-state index in [-0.39, 0.29) is 47.0 Å². The number of esters is 1. The van der Waals surface area contributed by atoms with Crippen LogP contribution in [-0.2, 0) is 21.7 Å². The number of aryl methyl sites for hydroxylation is 1. The summed E-state index contributed by atoms with van der Waals surface area (Å²) >= 11 is 0. The smallest absolute Gasteiger partial charge is 0.342 e. The second kappa shape index (κ2) is 7.91. The molecular weight excluding hydrogens is 388 g/mol. The predicted molar refractivity (Wildman–Crippen MR) is 98.0 cm³/mol. The first kappa shape index (κ1) is 19.7. The zero-order valence-corrected chi connectivity index (χ0v) is 15.9. The molecule has 0 aliphatic rings. The summed E-state index contributed by atoms with van der Waals surface area (Å²) in [6, 6.07) is 11.7. The second-order valence-corrected chi connectivity index (χ2v) is 6.80. The minimum atomic E-state index is -5.06. The van der Waals surface area contributed by atoms with Gasteiger partial charge in [-0.05, 0) is 25.5 Å². The lowest BCUT2D eigenvalue weighted by molar-refractivity contribution is 0.0526. The van der Waals surface area contributed by atoms with Crippen LogP contribution in [0.2, 0.25) is 0 Å². The van der Waals surface area contributed by atoms with E-state index in [9.17, 15) is 17.8 Å². The molecule has 0 spiro atoms. The molecule has 0 fully saturated rings. The number of rotatable bonds is 7. The molecule has 0 aliphatic carbocycles. The van der Waals surface area contributed by atoms with Gasteiger partial charge in [-0.1, -0.05) is 30.3 Å². The highest BCUT2D eigenvalue weighted by atomic mass is 32.3. The van der Waals surface area contributed by atoms with E-state index in [0.29, 0.717) is 0 Å². The van der Waals surface area contributed by atoms with Gasteiger partial charge in [-0.25, -0.2) is 13.2 Å². The number of carbonyl (C=O) groups excluding carboxylic acids is 1. The molecule has 3 rings (SSSR count). The molecular formula is C19H17O8S-. The lowest BCUT2D eigenvalue weighted by atomic mass is 10.1. The van der Waals surface area contributed by atoms with Gasteiger partial charge in [-0.2, -0.15) is 0 Å². The third-order valence-corrected chi connectivity index (χ3v) is 4.22. The molecule has 0 N–H and O–H groups in total. The lowest BCUT2D eigenvalue weighted by Crippen LogP contribution is -2.09. The molecule has 0 saturated heterocycles. The molecule has 8 nitrogen and oxygen atoms in total. The van der Waals surface area contributed by atoms with E-state index in [0.717, 1.165) is 5.56 Å². The first-order chi connectivity index (χ1) is 13.3. The van der Waals surface area contributed by atoms with E-state index < -0.39 is 16.4 Å². The number of fused-ring (bicyclic) bond motifs is 1. The summed E-state index contributed by atoms with van der Waals surface area (Å²) in [7, 11) is -5.06. The van der Waals surface area contributed by atoms with Crippen LogP contribution in [0.5, 0.6) is 11.5 Å². The first-order valence-electron chi connectivity index (χ1n) is 8.34. The van der Waals surface area contributed by atoms with Crippen LogP contribution in [0.15, 0.2) is 46.9 Å². The Labute approximate surface area is 161 Å². The number of carbonyl (C=O) groups is 1. The normalized spacial score (nSPS) is 11.4. The SMILES string of the molecule is CCOC(=O)c1c(C)oc2cc(OCc3ccccc3)c(OS(=O)(=O)[O-])cc12. The Morgan fingerprint density at radius 1 is 1.14 bits per heavy atom. The molecule has 148 valence electrons. The summed E-state index contributed by atoms with van der Waals surface area (Å²) in [5.41, 5.74) is 1.21. The standard InChI is InChI=1S/C19H18O8S/c1-3-24-19(20)18-12(2)26-15-10-16(25-11-13-7-5-4-6-8-13)17(9-14(15)18)27-28(21,22)23/h4-10H,3,11H2,1-2H3,(H,21,22,23)/p-1. The Morgan fingerprint density at radius 3 is 2.50 bits per heavy atom. The number of hydrogen-bond donors (Lipinski definition) is 0. The van der Waals surface area contributed by atoms with Gasteiger partial charge in [0.2, 0.25) is 0 Å². The number of ether oxygens (including phenoxy) is 2. The van der Waals surface area contributed by atoms with E-state index in [4.69, 9.17) is 13.9 Å². The van der Waals surface area contributed by atoms with Gasteiger partial charge in [0, 0.05) is 11.5 Å². The van der Waals surface area contributed by atoms with E-state index in [1.807, 2.05) is 30.3 Å². The third-order valence-electron chi connectivity index (χ3n) is 3.84. The average molecular weight is 405 g/mol. The van der Waals surface area contributed by atoms with E-state index in [1.54, 1.807) is 13.8 Å². The molecule has 3 aromatic rings. The van der Waals surface area contributed by atoms with Crippen molar-refractivity contribution in [2.45, 2.75) is 20.5 Å². The van der Waals surface area contributed by atoms with Crippen molar-refractivity contribution in [2.24, 2.45) is 0 Å². The molecule has 1 heterocycles. The summed E-state index contributed by atoms with van der Waals surface area (Å²) < 4.78 is 54.2. The Bertz CT molecular complexity index is 1100. The molecule has 28 heavy (non-hydrogen) atoms. The van der Waals surface area contributed by atoms with Crippen molar-refractivity contribution >= 4 is 27.3 Å². The monoisotopic (exact) mass is 405 g/mol. The van der Waals surface area contributed by atoms with Gasteiger partial charge in [-0.3, -0.25) is 0 Å². The van der Waals surface area contributed by atoms with Gasteiger partial charge in [0.25, 0.3) is 10.4 Å². The van der Waals surface area contributed by atoms with Crippen molar-refractivity contribution in [1.29, 1.82) is 0 Å². The van der Waals surface area contributed by atoms with Crippen molar-refractivity contribution < 1.29 is 35.8 Å². The summed E-state index contributed by atoms with van der Waals surface area (Å²) in [6.07, 6.45) is 0. The molecule has 0 unspecified atom stereocenters. The molecule has 0 amide bonds. The summed E-state index contributed by atoms with van der Waals surface area (Å²) in [6.45, 7) is 3.48. The molecule has 0 atom stereocenters. The maximum atomic E-state index is 12.2. The minimum absolute atomic E-state index is 0.0139. The van der Waals surface area contributed by atoms with Gasteiger partial charge < -0.3 is 22.6 Å². The lowest BCUT2D eigenvalue weighted by Gasteiger charge is -2.14. The van der Waals surface area contributed by atoms with Crippen LogP contribution >= 0.6 is 0 Å². The fourth-order valence-corrected chi connectivity index (χ4v) is 3.06. The van der Waals surface area contributed by atoms with Gasteiger partial charge in [0.1, 0.15) is 23.5 Å². The highest BCUT2D eigenvalue weighted by molar-refractivity contribution is 7.81. The van der Waals surface area contributed by atoms with E-state index >= 15 is 0 Å². The highest BCUT2D eigenvalue weighted by Gasteiger charge is 2.23. The zero-order valence-electron chi connectivity index (χ0n) is 15.1. The van der Waals surface area contributed by atoms with Crippen LogP contribution in [0.3, 0.4) is 0 Å². The number of hydrogen-bond acceptors (Lipinski definition) is 8. The molecule has 0 radical (unpaired) electrons. The van der Waals surface area contributed by atoms with Crippen LogP contribution < -0.4 is 8.92 Å². The zero-order chi connectivity index (χ0) is 20.3. The fourth-order valence-electron chi connectivity index (χ4n) is 2.71. The Morgan fingerprint density at radius 2 is 1.86 bits per heavy atom. The molecule has 9 heteroatoms. The summed E-state index contributed by atoms with van der Waals surface area (Å²) in [4.78, 5) is 12.2. The minimum Gasteiger partial charge on any atom is -0.716 e. The molecule has 2 aromatic carbocycles. The van der Waals surface area contributed by atoms with Crippen molar-refractivity contribution in [2.75, 3.05) is 6.61 Å². The summed E-state index contributed by atoms with van der Waals surface area (Å²) in [5, 5.41) is 0.252. The van der Waals surface area contributed by atoms with Crippen LogP contribution in [0.25, 0.3) is 11.0 Å². The Balaban J connectivity index is 2.06. The van der Waals surface area contributed by atoms with Gasteiger partial charge in [0.15, 0.2) is 11.5 Å². The largest absolute Gasteiger partial charge is 0.716 e. The predicted octanol–water partition coefficient (Wildman–Crippen LogP) is 3.34. The van der Waals surface area contributed by atoms with E-state index in [1.165, 1.54) is 12.1 Å². The quantitative estimate of drug-likeness (QED) is 0.334. The van der Waals surface area contributed by atoms with Crippen molar-refractivity contribution in [3.05, 3.63) is 59.4 Å². The fraction of sp³-hybridized carbons (Fsp3) is 0.211. The van der Waals surface area contributed by atoms with Gasteiger partial charge in [-0.15, -0.1) is 0 Å². The molecule has 1 aromatic heterocycles. The molecule has 0 bridgehead atoms. The third kappa shape index (κ3) is 4.44. The first-order valence-corrected chi connectivity index (χ1v) is 9.68. The number of benzene rings is 2. The Kier molecular flexibility index (Phi) is 5.57. The van der Waals surface area contributed by atoms with Crippen molar-refractivity contribution in [3.8, 4) is 11.5 Å². The summed E-state index contributed by atoms with van der Waals surface area (Å²) in [5.74, 6) is -0.707. The Hall–Kier alpha value is -3.04. The average Bonchev–Trinajstić information content (AvgIpc) is 2.94. The van der Waals surface area contributed by atoms with Gasteiger partial charge >= 0.3 is 5.97 Å². The topological polar surface area (TPSA) is 115 Å². The van der Waals surface area contributed by atoms with E-state index in [2.05, 4.69) is 4.18 Å². The van der Waals surface area contributed by atoms with Crippen molar-refractivity contribution in [1.82, 2.24) is 0 Å². The molecule has 0 aliphatic heterocycles. The van der Waals surface area contributed by atoms with Crippen LogP contribution in [0.4, 0.5) is 0 Å². The number of furan rings is 1. The maximum absolute atomic E-state index is 12.2. The van der Waals surface area contributed by atoms with Gasteiger partial charge in [0.05, 0.1) is 6.61 Å². The van der Waals surface area contributed by atoms with Crippen LogP contribution in [-0.4, -0.2) is 25.5 Å². The van der Waals surface area contributed by atoms with Crippen LogP contribution in [0, 0.1) is 6.92 Å². The van der Waals surface area contributed by atoms with Crippen molar-refractivity contribution in [3.63, 3.8) is 0 Å². The second-order valence-electron chi connectivity index (χ2n) is 5.81. The maximum Gasteiger partial charge on any atom is 0.342 e. The molecule has 0 saturated carbocycles. The van der Waals surface area contributed by atoms with Crippen LogP contribution in [0.1, 0.15) is 28.6 Å².